The van der Waals surface area contributed by atoms with Crippen LogP contribution < -0.4 is 0 Å². The van der Waals surface area contributed by atoms with E-state index in [9.17, 15) is 9.59 Å². The fourth-order valence-corrected chi connectivity index (χ4v) is 6.37. The molecular formula is C36H70O4. The third-order valence-corrected chi connectivity index (χ3v) is 10.2. The van der Waals surface area contributed by atoms with Crippen molar-refractivity contribution >= 4 is 11.9 Å². The van der Waals surface area contributed by atoms with Crippen molar-refractivity contribution in [2.24, 2.45) is 34.5 Å². The van der Waals surface area contributed by atoms with E-state index in [0.29, 0.717) is 25.0 Å². The van der Waals surface area contributed by atoms with Gasteiger partial charge in [0.25, 0.3) is 0 Å². The topological polar surface area (TPSA) is 52.6 Å². The molecule has 0 rings (SSSR count). The fourth-order valence-electron chi connectivity index (χ4n) is 6.37. The third-order valence-electron chi connectivity index (χ3n) is 10.2. The van der Waals surface area contributed by atoms with Crippen molar-refractivity contribution < 1.29 is 19.1 Å². The molecule has 0 aromatic heterocycles. The molecule has 4 heteroatoms. The quantitative estimate of drug-likeness (QED) is 0.103. The molecule has 2 atom stereocenters. The van der Waals surface area contributed by atoms with E-state index in [1.165, 1.54) is 38.5 Å². The van der Waals surface area contributed by atoms with Gasteiger partial charge in [0, 0.05) is 10.8 Å². The molecule has 0 aliphatic carbocycles. The molecule has 0 aliphatic rings. The fraction of sp³-hybridized carbons (Fsp3) is 0.944. The van der Waals surface area contributed by atoms with Crippen LogP contribution in [-0.2, 0) is 19.1 Å². The standard InChI is InChI=1S/C36H70O4/c1-11-29(12-2)21-23-35(9,25-31(15-5)16-6)27-39-33(37)19-20-34(38)40-28-36(10,26-32(17-7)18-8)24-22-30(13-3)14-4/h29-32H,11-28H2,1-10H3. The van der Waals surface area contributed by atoms with Crippen molar-refractivity contribution in [3.63, 3.8) is 0 Å². The molecule has 4 nitrogen and oxygen atoms in total. The molecule has 0 aromatic carbocycles. The van der Waals surface area contributed by atoms with Gasteiger partial charge in [-0.2, -0.15) is 0 Å². The van der Waals surface area contributed by atoms with Crippen molar-refractivity contribution in [1.29, 1.82) is 0 Å². The average molecular weight is 567 g/mol. The largest absolute Gasteiger partial charge is 0.465 e. The summed E-state index contributed by atoms with van der Waals surface area (Å²) < 4.78 is 11.6. The molecule has 0 aliphatic heterocycles. The van der Waals surface area contributed by atoms with E-state index in [1.807, 2.05) is 0 Å². The summed E-state index contributed by atoms with van der Waals surface area (Å²) in [6.45, 7) is 23.6. The monoisotopic (exact) mass is 567 g/mol. The Morgan fingerprint density at radius 3 is 1.02 bits per heavy atom. The lowest BCUT2D eigenvalue weighted by molar-refractivity contribution is -0.154. The van der Waals surface area contributed by atoms with Gasteiger partial charge in [0.2, 0.25) is 0 Å². The summed E-state index contributed by atoms with van der Waals surface area (Å²) in [5.41, 5.74) is -0.0254. The molecule has 0 saturated carbocycles. The Hall–Kier alpha value is -1.06. The van der Waals surface area contributed by atoms with Crippen molar-refractivity contribution in [1.82, 2.24) is 0 Å². The van der Waals surface area contributed by atoms with Crippen molar-refractivity contribution in [3.8, 4) is 0 Å². The molecule has 0 saturated heterocycles. The van der Waals surface area contributed by atoms with E-state index in [1.54, 1.807) is 0 Å². The normalized spacial score (nSPS) is 15.1. The summed E-state index contributed by atoms with van der Waals surface area (Å²) in [6.07, 6.45) is 16.3. The van der Waals surface area contributed by atoms with Gasteiger partial charge in [0.15, 0.2) is 0 Å². The minimum absolute atomic E-state index is 0.0127. The smallest absolute Gasteiger partial charge is 0.306 e. The number of esters is 2. The highest BCUT2D eigenvalue weighted by atomic mass is 16.5. The Morgan fingerprint density at radius 2 is 0.775 bits per heavy atom. The highest BCUT2D eigenvalue weighted by Gasteiger charge is 2.31. The number of rotatable bonds is 25. The van der Waals surface area contributed by atoms with Crippen LogP contribution in [0.5, 0.6) is 0 Å². The van der Waals surface area contributed by atoms with E-state index in [2.05, 4.69) is 69.2 Å². The highest BCUT2D eigenvalue weighted by Crippen LogP contribution is 2.38. The first kappa shape index (κ1) is 38.9. The summed E-state index contributed by atoms with van der Waals surface area (Å²) in [4.78, 5) is 25.4. The number of carbonyl (C=O) groups is 2. The summed E-state index contributed by atoms with van der Waals surface area (Å²) in [5, 5.41) is 0. The lowest BCUT2D eigenvalue weighted by Crippen LogP contribution is -2.30. The first-order valence-corrected chi connectivity index (χ1v) is 17.3. The maximum Gasteiger partial charge on any atom is 0.306 e. The van der Waals surface area contributed by atoms with Gasteiger partial charge in [-0.25, -0.2) is 0 Å². The number of hydrogen-bond acceptors (Lipinski definition) is 4. The Kier molecular flexibility index (Phi) is 21.0. The molecule has 0 spiro atoms. The van der Waals surface area contributed by atoms with Crippen LogP contribution in [0.1, 0.15) is 172 Å². The lowest BCUT2D eigenvalue weighted by atomic mass is 9.74. The Balaban J connectivity index is 4.99. The van der Waals surface area contributed by atoms with Gasteiger partial charge in [0.05, 0.1) is 26.1 Å². The van der Waals surface area contributed by atoms with Crippen molar-refractivity contribution in [3.05, 3.63) is 0 Å². The second-order valence-electron chi connectivity index (χ2n) is 13.7. The van der Waals surface area contributed by atoms with E-state index in [4.69, 9.17) is 9.47 Å². The zero-order valence-electron chi connectivity index (χ0n) is 28.7. The lowest BCUT2D eigenvalue weighted by Gasteiger charge is -2.34. The van der Waals surface area contributed by atoms with Crippen LogP contribution in [-0.4, -0.2) is 25.2 Å². The second kappa shape index (κ2) is 21.6. The van der Waals surface area contributed by atoms with Gasteiger partial charge in [0.1, 0.15) is 0 Å². The van der Waals surface area contributed by atoms with Crippen LogP contribution in [0.3, 0.4) is 0 Å². The van der Waals surface area contributed by atoms with Gasteiger partial charge >= 0.3 is 11.9 Å². The van der Waals surface area contributed by atoms with E-state index in [-0.39, 0.29) is 35.6 Å². The second-order valence-corrected chi connectivity index (χ2v) is 13.7. The Labute approximate surface area is 250 Å². The maximum atomic E-state index is 12.7. The number of carbonyl (C=O) groups excluding carboxylic acids is 2. The molecule has 0 heterocycles. The van der Waals surface area contributed by atoms with Crippen LogP contribution in [0.4, 0.5) is 0 Å². The number of ether oxygens (including phenoxy) is 2. The zero-order chi connectivity index (χ0) is 30.6. The predicted octanol–water partition coefficient (Wildman–Crippen LogP) is 11.0. The van der Waals surface area contributed by atoms with Crippen molar-refractivity contribution in [2.45, 2.75) is 172 Å². The molecular weight excluding hydrogens is 496 g/mol. The molecule has 0 aromatic rings. The van der Waals surface area contributed by atoms with Gasteiger partial charge in [-0.3, -0.25) is 9.59 Å². The average Bonchev–Trinajstić information content (AvgIpc) is 2.96. The summed E-state index contributed by atoms with van der Waals surface area (Å²) >= 11 is 0. The minimum atomic E-state index is -0.274. The molecule has 0 radical (unpaired) electrons. The maximum absolute atomic E-state index is 12.7. The molecule has 238 valence electrons. The van der Waals surface area contributed by atoms with Crippen molar-refractivity contribution in [2.75, 3.05) is 13.2 Å². The summed E-state index contributed by atoms with van der Waals surface area (Å²) in [5.74, 6) is 2.22. The van der Waals surface area contributed by atoms with Crippen LogP contribution in [0.25, 0.3) is 0 Å². The minimum Gasteiger partial charge on any atom is -0.465 e. The zero-order valence-corrected chi connectivity index (χ0v) is 28.7. The molecule has 40 heavy (non-hydrogen) atoms. The van der Waals surface area contributed by atoms with Crippen LogP contribution >= 0.6 is 0 Å². The third kappa shape index (κ3) is 16.4. The Morgan fingerprint density at radius 1 is 0.500 bits per heavy atom. The van der Waals surface area contributed by atoms with Crippen LogP contribution in [0, 0.1) is 34.5 Å². The van der Waals surface area contributed by atoms with Crippen LogP contribution in [0.15, 0.2) is 0 Å². The van der Waals surface area contributed by atoms with Gasteiger partial charge in [-0.15, -0.1) is 0 Å². The first-order valence-electron chi connectivity index (χ1n) is 17.3. The molecule has 2 unspecified atom stereocenters. The van der Waals surface area contributed by atoms with Gasteiger partial charge < -0.3 is 9.47 Å². The molecule has 0 N–H and O–H groups in total. The molecule has 0 amide bonds. The van der Waals surface area contributed by atoms with E-state index >= 15 is 0 Å². The SMILES string of the molecule is CCC(CC)CCC(C)(COC(=O)CCC(=O)OCC(C)(CCC(CC)CC)CC(CC)CC)CC(CC)CC. The Bertz CT molecular complexity index is 589. The first-order chi connectivity index (χ1) is 19.0. The van der Waals surface area contributed by atoms with E-state index in [0.717, 1.165) is 63.2 Å². The summed E-state index contributed by atoms with van der Waals surface area (Å²) in [6, 6.07) is 0. The van der Waals surface area contributed by atoms with Gasteiger partial charge in [-0.05, 0) is 62.2 Å². The molecule has 0 fully saturated rings. The number of hydrogen-bond donors (Lipinski definition) is 0. The van der Waals surface area contributed by atoms with Crippen LogP contribution in [0.2, 0.25) is 0 Å². The highest BCUT2D eigenvalue weighted by molar-refractivity contribution is 5.77. The summed E-state index contributed by atoms with van der Waals surface area (Å²) in [7, 11) is 0. The molecule has 0 bridgehead atoms. The van der Waals surface area contributed by atoms with Gasteiger partial charge in [-0.1, -0.05) is 121 Å². The predicted molar refractivity (Wildman–Crippen MR) is 171 cm³/mol. The van der Waals surface area contributed by atoms with E-state index < -0.39 is 0 Å².